The Bertz CT molecular complexity index is 851. The van der Waals surface area contributed by atoms with Gasteiger partial charge in [0.1, 0.15) is 0 Å². The number of carboxylic acids is 1. The number of unbranched alkanes of at least 4 members (excludes halogenated alkanes) is 24. The first-order valence-corrected chi connectivity index (χ1v) is 23.6. The molecule has 0 bridgehead atoms. The van der Waals surface area contributed by atoms with E-state index in [1.165, 1.54) is 167 Å². The van der Waals surface area contributed by atoms with Gasteiger partial charge in [-0.15, -0.1) is 6.42 Å². The average Bonchev–Trinajstić information content (AvgIpc) is 3.18. The van der Waals surface area contributed by atoms with Crippen molar-refractivity contribution < 1.29 is 88.8 Å². The van der Waals surface area contributed by atoms with Crippen LogP contribution in [0.15, 0.2) is 24.3 Å². The van der Waals surface area contributed by atoms with Gasteiger partial charge in [0.05, 0.1) is 26.4 Å². The molecule has 0 atom stereocenters. The Kier molecular flexibility index (Phi) is 64.4. The number of carboxylic acid groups (broad SMARTS) is 1. The maximum atomic E-state index is 11.1. The Morgan fingerprint density at radius 3 is 1.14 bits per heavy atom. The van der Waals surface area contributed by atoms with Crippen LogP contribution in [0.1, 0.15) is 206 Å². The summed E-state index contributed by atoms with van der Waals surface area (Å²) in [6.45, 7) is 11.5. The molecular formula is C48H91N2Na2O6-. The van der Waals surface area contributed by atoms with Gasteiger partial charge < -0.3 is 39.4 Å². The van der Waals surface area contributed by atoms with Gasteiger partial charge in [-0.25, -0.2) is 0 Å². The molecule has 0 heterocycles. The third-order valence-electron chi connectivity index (χ3n) is 10.6. The number of hydrogen-bond donors (Lipinski definition) is 0. The molecule has 8 nitrogen and oxygen atoms in total. The molecule has 0 spiro atoms. The number of allylic oxidation sites excluding steroid dienone is 4. The summed E-state index contributed by atoms with van der Waals surface area (Å²) in [5.41, 5.74) is 0. The topological polar surface area (TPSA) is 112 Å². The SMILES string of the molecule is CCCCCCCC/C=C\CCCCCCCCN(CC[C-]=O)CCOCCOCCN(CCCCCCCC/C=C\CCCCCCCC)CCC(=O)[O-].[Na+].[Na+].[OH-]. The van der Waals surface area contributed by atoms with E-state index >= 15 is 0 Å². The third-order valence-corrected chi connectivity index (χ3v) is 10.6. The summed E-state index contributed by atoms with van der Waals surface area (Å²) < 4.78 is 11.7. The molecular weight excluding hydrogens is 747 g/mol. The Morgan fingerprint density at radius 1 is 0.466 bits per heavy atom. The van der Waals surface area contributed by atoms with E-state index in [4.69, 9.17) is 9.47 Å². The standard InChI is InChI=1S/C48H91N2O5.2Na.H2O/c1-3-5-7-9-11-13-15-17-19-21-23-25-27-29-31-33-37-49(39-35-43-51)41-44-54-46-47-55-45-42-50(40-36-48(52)53)38-34-32-30-28-26-24-22-20-18-16-14-12-10-8-6-4-2;;;/h17-20H,3-16,21-42,44-47H2,1-2H3,(H,52,53);;;1H2/q-1;2*+1;/p-2/b19-17-,20-18-;;;. The van der Waals surface area contributed by atoms with E-state index in [0.29, 0.717) is 39.4 Å². The quantitative estimate of drug-likeness (QED) is 0.0358. The molecule has 0 aliphatic heterocycles. The Hall–Kier alpha value is 0.420. The van der Waals surface area contributed by atoms with E-state index in [9.17, 15) is 14.7 Å². The van der Waals surface area contributed by atoms with E-state index in [2.05, 4.69) is 48.0 Å². The van der Waals surface area contributed by atoms with Gasteiger partial charge in [-0.3, -0.25) is 6.29 Å². The molecule has 0 aromatic carbocycles. The van der Waals surface area contributed by atoms with Crippen LogP contribution in [0.4, 0.5) is 0 Å². The molecule has 0 amide bonds. The number of hydrogen-bond acceptors (Lipinski definition) is 8. The first-order chi connectivity index (χ1) is 27.1. The second-order valence-corrected chi connectivity index (χ2v) is 15.8. The van der Waals surface area contributed by atoms with Crippen molar-refractivity contribution in [1.29, 1.82) is 0 Å². The smallest absolute Gasteiger partial charge is 0.870 e. The number of ether oxygens (including phenoxy) is 2. The van der Waals surface area contributed by atoms with Gasteiger partial charge in [-0.05, 0) is 90.3 Å². The van der Waals surface area contributed by atoms with Crippen molar-refractivity contribution in [1.82, 2.24) is 9.80 Å². The molecule has 332 valence electrons. The van der Waals surface area contributed by atoms with E-state index in [-0.39, 0.29) is 71.0 Å². The number of nitrogens with zero attached hydrogens (tertiary/aromatic N) is 2. The molecule has 0 saturated heterocycles. The van der Waals surface area contributed by atoms with Gasteiger partial charge in [0.25, 0.3) is 0 Å². The summed E-state index contributed by atoms with van der Waals surface area (Å²) in [6.07, 6.45) is 48.4. The minimum atomic E-state index is -0.993. The summed E-state index contributed by atoms with van der Waals surface area (Å²) in [6, 6.07) is 0. The second-order valence-electron chi connectivity index (χ2n) is 15.8. The summed E-state index contributed by atoms with van der Waals surface area (Å²) >= 11 is 0. The van der Waals surface area contributed by atoms with Crippen molar-refractivity contribution in [2.24, 2.45) is 0 Å². The Balaban J connectivity index is -0.00000486. The normalized spacial score (nSPS) is 11.4. The fourth-order valence-corrected chi connectivity index (χ4v) is 7.00. The van der Waals surface area contributed by atoms with Gasteiger partial charge in [0.2, 0.25) is 0 Å². The molecule has 0 aromatic rings. The van der Waals surface area contributed by atoms with Crippen molar-refractivity contribution in [2.75, 3.05) is 65.7 Å². The number of carbonyl (C=O) groups excluding carboxylic acids is 2. The van der Waals surface area contributed by atoms with Crippen LogP contribution >= 0.6 is 0 Å². The second kappa shape index (κ2) is 57.4. The zero-order valence-corrected chi connectivity index (χ0v) is 43.0. The maximum Gasteiger partial charge on any atom is 1.00 e. The van der Waals surface area contributed by atoms with Crippen LogP contribution < -0.4 is 64.2 Å². The monoisotopic (exact) mass is 838 g/mol. The fraction of sp³-hybridized carbons (Fsp3) is 0.875. The van der Waals surface area contributed by atoms with Crippen molar-refractivity contribution in [3.05, 3.63) is 24.3 Å². The minimum Gasteiger partial charge on any atom is -0.870 e. The molecule has 0 saturated carbocycles. The summed E-state index contributed by atoms with van der Waals surface area (Å²) in [5.74, 6) is -0.993. The van der Waals surface area contributed by atoms with Crippen LogP contribution in [0.2, 0.25) is 0 Å². The Labute approximate surface area is 404 Å². The first-order valence-electron chi connectivity index (χ1n) is 23.6. The number of carbonyl (C=O) groups is 1. The molecule has 10 heteroatoms. The molecule has 0 fully saturated rings. The van der Waals surface area contributed by atoms with Gasteiger partial charge in [-0.1, -0.05) is 154 Å². The van der Waals surface area contributed by atoms with E-state index in [1.807, 2.05) is 6.29 Å². The molecule has 58 heavy (non-hydrogen) atoms. The van der Waals surface area contributed by atoms with Crippen molar-refractivity contribution in [2.45, 2.75) is 206 Å². The van der Waals surface area contributed by atoms with Crippen LogP contribution in [0.5, 0.6) is 0 Å². The maximum absolute atomic E-state index is 11.1. The minimum absolute atomic E-state index is 0. The molecule has 0 rings (SSSR count). The van der Waals surface area contributed by atoms with Crippen molar-refractivity contribution in [3.8, 4) is 0 Å². The molecule has 0 aliphatic carbocycles. The predicted molar refractivity (Wildman–Crippen MR) is 235 cm³/mol. The van der Waals surface area contributed by atoms with Gasteiger partial charge >= 0.3 is 59.1 Å². The zero-order chi connectivity index (χ0) is 40.0. The number of aliphatic carboxylic acids is 1. The summed E-state index contributed by atoms with van der Waals surface area (Å²) in [4.78, 5) is 26.5. The summed E-state index contributed by atoms with van der Waals surface area (Å²) in [5, 5.41) is 11.1. The van der Waals surface area contributed by atoms with Crippen LogP contribution in [0, 0.1) is 0 Å². The molecule has 1 N–H and O–H groups in total. The molecule has 0 radical (unpaired) electrons. The van der Waals surface area contributed by atoms with Crippen LogP contribution in [-0.2, 0) is 19.1 Å². The predicted octanol–water partition coefficient (Wildman–Crippen LogP) is 5.17. The van der Waals surface area contributed by atoms with E-state index < -0.39 is 5.97 Å². The van der Waals surface area contributed by atoms with Crippen LogP contribution in [0.3, 0.4) is 0 Å². The molecule has 0 aromatic heterocycles. The van der Waals surface area contributed by atoms with Crippen molar-refractivity contribution >= 4 is 12.3 Å². The van der Waals surface area contributed by atoms with E-state index in [0.717, 1.165) is 45.6 Å². The summed E-state index contributed by atoms with van der Waals surface area (Å²) in [7, 11) is 0. The first kappa shape index (κ1) is 65.0. The van der Waals surface area contributed by atoms with Gasteiger partial charge in [0.15, 0.2) is 0 Å². The average molecular weight is 838 g/mol. The molecule has 0 aliphatic rings. The fourth-order valence-electron chi connectivity index (χ4n) is 7.00. The Morgan fingerprint density at radius 2 is 0.793 bits per heavy atom. The van der Waals surface area contributed by atoms with Gasteiger partial charge in [0, 0.05) is 25.6 Å². The van der Waals surface area contributed by atoms with Gasteiger partial charge in [-0.2, -0.15) is 0 Å². The zero-order valence-electron chi connectivity index (χ0n) is 39.0. The number of rotatable bonds is 47. The van der Waals surface area contributed by atoms with Crippen LogP contribution in [-0.4, -0.2) is 93.2 Å². The third kappa shape index (κ3) is 54.4. The van der Waals surface area contributed by atoms with Crippen molar-refractivity contribution in [3.63, 3.8) is 0 Å². The largest absolute Gasteiger partial charge is 1.00 e. The van der Waals surface area contributed by atoms with Crippen LogP contribution in [0.25, 0.3) is 0 Å². The van der Waals surface area contributed by atoms with E-state index in [1.54, 1.807) is 0 Å². The molecule has 0 unspecified atom stereocenters.